The summed E-state index contributed by atoms with van der Waals surface area (Å²) in [4.78, 5) is 8.78. The first kappa shape index (κ1) is 26.0. The molecule has 0 spiro atoms. The van der Waals surface area contributed by atoms with Gasteiger partial charge in [-0.3, -0.25) is 9.97 Å². The minimum absolute atomic E-state index is 0. The molecule has 0 N–H and O–H groups in total. The molecule has 0 atom stereocenters. The molecule has 0 aliphatic heterocycles. The summed E-state index contributed by atoms with van der Waals surface area (Å²) in [5.74, 6) is 0. The van der Waals surface area contributed by atoms with E-state index >= 15 is 0 Å². The van der Waals surface area contributed by atoms with Crippen LogP contribution in [0.2, 0.25) is 0 Å². The van der Waals surface area contributed by atoms with Gasteiger partial charge in [-0.05, 0) is 42.7 Å². The van der Waals surface area contributed by atoms with Crippen LogP contribution in [0.5, 0.6) is 0 Å². The molecule has 0 fully saturated rings. The zero-order valence-electron chi connectivity index (χ0n) is 17.7. The van der Waals surface area contributed by atoms with E-state index in [2.05, 4.69) is 41.2 Å². The standard InChI is InChI=1S/C23H32N2.C2H6.CH4/c1-2-3-4-5-6-7-8-9-10-11-12-15-21-17-19-25-23(20-21)22-16-13-14-18-24-22;1-2;/h12-20H,2-11H2,1H3;1-2H3;1H4/b15-12-;;. The normalized spacial score (nSPS) is 10.2. The average Bonchev–Trinajstić information content (AvgIpc) is 2.74. The first-order valence-corrected chi connectivity index (χ1v) is 10.9. The molecular weight excluding hydrogens is 340 g/mol. The third-order valence-electron chi connectivity index (χ3n) is 4.50. The second-order valence-electron chi connectivity index (χ2n) is 6.71. The lowest BCUT2D eigenvalue weighted by Crippen LogP contribution is -1.86. The van der Waals surface area contributed by atoms with Crippen LogP contribution < -0.4 is 0 Å². The lowest BCUT2D eigenvalue weighted by molar-refractivity contribution is 0.566. The molecule has 2 rings (SSSR count). The van der Waals surface area contributed by atoms with Crippen LogP contribution in [-0.4, -0.2) is 9.97 Å². The lowest BCUT2D eigenvalue weighted by Gasteiger charge is -2.01. The molecule has 0 radical (unpaired) electrons. The largest absolute Gasteiger partial charge is 0.255 e. The van der Waals surface area contributed by atoms with Gasteiger partial charge in [0.25, 0.3) is 0 Å². The van der Waals surface area contributed by atoms with Crippen LogP contribution in [0.4, 0.5) is 0 Å². The van der Waals surface area contributed by atoms with E-state index in [1.165, 1.54) is 63.4 Å². The highest BCUT2D eigenvalue weighted by Gasteiger charge is 1.99. The third-order valence-corrected chi connectivity index (χ3v) is 4.50. The van der Waals surface area contributed by atoms with Gasteiger partial charge in [-0.25, -0.2) is 0 Å². The molecule has 28 heavy (non-hydrogen) atoms. The van der Waals surface area contributed by atoms with Crippen molar-refractivity contribution in [3.05, 3.63) is 54.4 Å². The maximum absolute atomic E-state index is 4.42. The smallest absolute Gasteiger partial charge is 0.0892 e. The van der Waals surface area contributed by atoms with E-state index in [1.807, 2.05) is 44.4 Å². The maximum atomic E-state index is 4.42. The summed E-state index contributed by atoms with van der Waals surface area (Å²) in [6.45, 7) is 6.28. The molecular formula is C26H42N2. The van der Waals surface area contributed by atoms with Crippen molar-refractivity contribution in [1.82, 2.24) is 9.97 Å². The Labute approximate surface area is 174 Å². The SMILES string of the molecule is C.CC.CCCCCCCCCCC/C=C\c1ccnc(-c2ccccn2)c1. The van der Waals surface area contributed by atoms with Crippen molar-refractivity contribution in [3.63, 3.8) is 0 Å². The number of allylic oxidation sites excluding steroid dienone is 1. The molecule has 0 aliphatic rings. The van der Waals surface area contributed by atoms with Crippen molar-refractivity contribution < 1.29 is 0 Å². The average molecular weight is 383 g/mol. The quantitative estimate of drug-likeness (QED) is 0.343. The van der Waals surface area contributed by atoms with Crippen LogP contribution in [0, 0.1) is 0 Å². The van der Waals surface area contributed by atoms with E-state index < -0.39 is 0 Å². The molecule has 0 aromatic carbocycles. The van der Waals surface area contributed by atoms with Crippen molar-refractivity contribution in [2.75, 3.05) is 0 Å². The van der Waals surface area contributed by atoms with E-state index in [1.54, 1.807) is 0 Å². The molecule has 0 amide bonds. The Bertz CT molecular complexity index is 605. The fourth-order valence-electron chi connectivity index (χ4n) is 3.00. The molecule has 0 bridgehead atoms. The molecule has 2 nitrogen and oxygen atoms in total. The zero-order chi connectivity index (χ0) is 19.6. The molecule has 2 aromatic heterocycles. The molecule has 0 aliphatic carbocycles. The first-order chi connectivity index (χ1) is 13.4. The fourth-order valence-corrected chi connectivity index (χ4v) is 3.00. The number of hydrogen-bond acceptors (Lipinski definition) is 2. The van der Waals surface area contributed by atoms with E-state index in [0.29, 0.717) is 0 Å². The first-order valence-electron chi connectivity index (χ1n) is 10.9. The number of pyridine rings is 2. The van der Waals surface area contributed by atoms with E-state index in [9.17, 15) is 0 Å². The van der Waals surface area contributed by atoms with Crippen molar-refractivity contribution in [2.24, 2.45) is 0 Å². The zero-order valence-corrected chi connectivity index (χ0v) is 17.7. The van der Waals surface area contributed by atoms with Crippen LogP contribution in [-0.2, 0) is 0 Å². The number of nitrogens with zero attached hydrogens (tertiary/aromatic N) is 2. The second-order valence-corrected chi connectivity index (χ2v) is 6.71. The minimum atomic E-state index is 0. The highest BCUT2D eigenvalue weighted by Crippen LogP contribution is 2.16. The lowest BCUT2D eigenvalue weighted by atomic mass is 10.1. The summed E-state index contributed by atoms with van der Waals surface area (Å²) in [6.07, 6.45) is 21.8. The molecule has 0 unspecified atom stereocenters. The Morgan fingerprint density at radius 3 is 2.04 bits per heavy atom. The molecule has 156 valence electrons. The number of hydrogen-bond donors (Lipinski definition) is 0. The monoisotopic (exact) mass is 382 g/mol. The van der Waals surface area contributed by atoms with Crippen LogP contribution in [0.25, 0.3) is 17.5 Å². The predicted molar refractivity (Wildman–Crippen MR) is 126 cm³/mol. The highest BCUT2D eigenvalue weighted by atomic mass is 14.8. The maximum Gasteiger partial charge on any atom is 0.0892 e. The van der Waals surface area contributed by atoms with Gasteiger partial charge in [0.1, 0.15) is 0 Å². The van der Waals surface area contributed by atoms with Crippen molar-refractivity contribution in [1.29, 1.82) is 0 Å². The summed E-state index contributed by atoms with van der Waals surface area (Å²) < 4.78 is 0. The molecule has 2 aromatic rings. The summed E-state index contributed by atoms with van der Waals surface area (Å²) in [6, 6.07) is 10.1. The number of aromatic nitrogens is 2. The van der Waals surface area contributed by atoms with Crippen LogP contribution in [0.3, 0.4) is 0 Å². The van der Waals surface area contributed by atoms with Gasteiger partial charge >= 0.3 is 0 Å². The summed E-state index contributed by atoms with van der Waals surface area (Å²) in [7, 11) is 0. The minimum Gasteiger partial charge on any atom is -0.255 e. The Morgan fingerprint density at radius 2 is 1.39 bits per heavy atom. The third kappa shape index (κ3) is 11.7. The molecule has 0 saturated carbocycles. The van der Waals surface area contributed by atoms with Gasteiger partial charge in [0.2, 0.25) is 0 Å². The van der Waals surface area contributed by atoms with Gasteiger partial charge in [0.05, 0.1) is 11.4 Å². The van der Waals surface area contributed by atoms with E-state index in [-0.39, 0.29) is 7.43 Å². The van der Waals surface area contributed by atoms with Crippen LogP contribution in [0.1, 0.15) is 98.0 Å². The van der Waals surface area contributed by atoms with Crippen molar-refractivity contribution >= 4 is 6.08 Å². The second kappa shape index (κ2) is 18.4. The highest BCUT2D eigenvalue weighted by molar-refractivity contribution is 5.60. The predicted octanol–water partition coefficient (Wildman–Crippen LogP) is 8.74. The Morgan fingerprint density at radius 1 is 0.750 bits per heavy atom. The van der Waals surface area contributed by atoms with Crippen molar-refractivity contribution in [3.8, 4) is 11.4 Å². The fraction of sp³-hybridized carbons (Fsp3) is 0.538. The summed E-state index contributed by atoms with van der Waals surface area (Å²) >= 11 is 0. The molecule has 2 heteroatoms. The topological polar surface area (TPSA) is 25.8 Å². The van der Waals surface area contributed by atoms with Gasteiger partial charge in [-0.1, -0.05) is 97.8 Å². The Balaban J connectivity index is 0.00000235. The van der Waals surface area contributed by atoms with Gasteiger partial charge in [-0.2, -0.15) is 0 Å². The molecule has 0 saturated heterocycles. The van der Waals surface area contributed by atoms with Crippen LogP contribution >= 0.6 is 0 Å². The van der Waals surface area contributed by atoms with E-state index in [0.717, 1.165) is 17.8 Å². The van der Waals surface area contributed by atoms with Crippen LogP contribution in [0.15, 0.2) is 48.8 Å². The summed E-state index contributed by atoms with van der Waals surface area (Å²) in [5.41, 5.74) is 3.06. The van der Waals surface area contributed by atoms with Gasteiger partial charge in [-0.15, -0.1) is 0 Å². The Hall–Kier alpha value is -1.96. The Kier molecular flexibility index (Phi) is 17.1. The summed E-state index contributed by atoms with van der Waals surface area (Å²) in [5, 5.41) is 0. The van der Waals surface area contributed by atoms with Gasteiger partial charge in [0.15, 0.2) is 0 Å². The van der Waals surface area contributed by atoms with E-state index in [4.69, 9.17) is 0 Å². The van der Waals surface area contributed by atoms with Gasteiger partial charge in [0, 0.05) is 12.4 Å². The van der Waals surface area contributed by atoms with Crippen molar-refractivity contribution in [2.45, 2.75) is 92.4 Å². The molecule has 2 heterocycles. The number of unbranched alkanes of at least 4 members (excludes halogenated alkanes) is 9. The number of rotatable bonds is 12. The van der Waals surface area contributed by atoms with Gasteiger partial charge < -0.3 is 0 Å².